The van der Waals surface area contributed by atoms with Gasteiger partial charge in [-0.3, -0.25) is 9.59 Å². The highest BCUT2D eigenvalue weighted by atomic mass is 16.5. The third-order valence-corrected chi connectivity index (χ3v) is 10.3. The van der Waals surface area contributed by atoms with Crippen molar-refractivity contribution in [3.63, 3.8) is 0 Å². The highest BCUT2D eigenvalue weighted by molar-refractivity contribution is 5.73. The van der Waals surface area contributed by atoms with Crippen LogP contribution in [0, 0.1) is 5.92 Å². The van der Waals surface area contributed by atoms with Gasteiger partial charge in [0.05, 0.1) is 0 Å². The molecule has 0 saturated heterocycles. The summed E-state index contributed by atoms with van der Waals surface area (Å²) in [5.74, 6) is 2.25. The highest BCUT2D eigenvalue weighted by Gasteiger charge is 2.13. The number of hydrogen-bond acceptors (Lipinski definition) is 8. The third-order valence-electron chi connectivity index (χ3n) is 10.3. The number of ether oxygens (including phenoxy) is 2. The Kier molecular flexibility index (Phi) is 20.9. The number of esters is 2. The summed E-state index contributed by atoms with van der Waals surface area (Å²) in [6.07, 6.45) is 31.7. The molecule has 0 aliphatic heterocycles. The molecule has 2 aromatic carbocycles. The zero-order chi connectivity index (χ0) is 39.6. The molecule has 8 heteroatoms. The van der Waals surface area contributed by atoms with Crippen molar-refractivity contribution in [3.8, 4) is 34.3 Å². The van der Waals surface area contributed by atoms with Gasteiger partial charge in [-0.05, 0) is 97.7 Å². The van der Waals surface area contributed by atoms with Gasteiger partial charge in [0, 0.05) is 48.8 Å². The molecule has 0 spiro atoms. The molecule has 8 nitrogen and oxygen atoms in total. The number of aromatic nitrogens is 4. The molecular formula is C48H66N4O4. The molecule has 1 atom stereocenters. The van der Waals surface area contributed by atoms with Gasteiger partial charge < -0.3 is 9.47 Å². The van der Waals surface area contributed by atoms with Crippen molar-refractivity contribution in [2.75, 3.05) is 0 Å². The molecule has 2 heterocycles. The number of carbonyl (C=O) groups excluding carboxylic acids is 2. The average Bonchev–Trinajstić information content (AvgIpc) is 3.21. The Morgan fingerprint density at radius 2 is 0.893 bits per heavy atom. The molecule has 0 aliphatic rings. The first-order valence-corrected chi connectivity index (χ1v) is 21.7. The molecule has 0 N–H and O–H groups in total. The maximum absolute atomic E-state index is 12.6. The quantitative estimate of drug-likeness (QED) is 0.0320. The van der Waals surface area contributed by atoms with E-state index in [4.69, 9.17) is 9.47 Å². The van der Waals surface area contributed by atoms with Crippen LogP contribution < -0.4 is 9.47 Å². The smallest absolute Gasteiger partial charge is 0.311 e. The number of unbranched alkanes of at least 4 members (excludes halogenated alkanes) is 14. The summed E-state index contributed by atoms with van der Waals surface area (Å²) in [7, 11) is 0. The number of carbonyl (C=O) groups is 2. The van der Waals surface area contributed by atoms with Gasteiger partial charge in [-0.1, -0.05) is 117 Å². The van der Waals surface area contributed by atoms with E-state index in [0.717, 1.165) is 62.5 Å². The summed E-state index contributed by atoms with van der Waals surface area (Å²) in [5.41, 5.74) is 4.15. The van der Waals surface area contributed by atoms with E-state index in [2.05, 4.69) is 40.7 Å². The molecule has 2 aromatic heterocycles. The van der Waals surface area contributed by atoms with Crippen molar-refractivity contribution in [3.05, 3.63) is 84.4 Å². The minimum atomic E-state index is -0.213. The van der Waals surface area contributed by atoms with Crippen LogP contribution in [-0.2, 0) is 22.4 Å². The van der Waals surface area contributed by atoms with Crippen molar-refractivity contribution in [2.45, 2.75) is 162 Å². The fourth-order valence-corrected chi connectivity index (χ4v) is 6.86. The lowest BCUT2D eigenvalue weighted by atomic mass is 9.99. The third kappa shape index (κ3) is 17.6. The molecule has 0 amide bonds. The first kappa shape index (κ1) is 44.3. The first-order chi connectivity index (χ1) is 27.4. The Morgan fingerprint density at radius 3 is 1.36 bits per heavy atom. The van der Waals surface area contributed by atoms with Crippen LogP contribution in [0.4, 0.5) is 0 Å². The van der Waals surface area contributed by atoms with E-state index in [1.54, 1.807) is 12.1 Å². The van der Waals surface area contributed by atoms with Crippen LogP contribution in [0.3, 0.4) is 0 Å². The fourth-order valence-electron chi connectivity index (χ4n) is 6.86. The lowest BCUT2D eigenvalue weighted by molar-refractivity contribution is -0.136. The number of rotatable bonds is 28. The predicted octanol–water partition coefficient (Wildman–Crippen LogP) is 12.7. The Bertz CT molecular complexity index is 1660. The van der Waals surface area contributed by atoms with E-state index in [0.29, 0.717) is 36.0 Å². The van der Waals surface area contributed by atoms with Crippen LogP contribution in [0.5, 0.6) is 11.5 Å². The molecule has 4 rings (SSSR count). The van der Waals surface area contributed by atoms with E-state index in [1.807, 2.05) is 61.2 Å². The second kappa shape index (κ2) is 26.4. The van der Waals surface area contributed by atoms with Gasteiger partial charge in [0.15, 0.2) is 11.6 Å². The Labute approximate surface area is 336 Å². The monoisotopic (exact) mass is 763 g/mol. The maximum Gasteiger partial charge on any atom is 0.311 e. The molecule has 56 heavy (non-hydrogen) atoms. The lowest BCUT2D eigenvalue weighted by Crippen LogP contribution is -2.12. The highest BCUT2D eigenvalue weighted by Crippen LogP contribution is 2.23. The first-order valence-electron chi connectivity index (χ1n) is 21.7. The van der Waals surface area contributed by atoms with E-state index < -0.39 is 0 Å². The molecule has 0 aliphatic carbocycles. The second-order valence-corrected chi connectivity index (χ2v) is 15.5. The molecule has 0 radical (unpaired) electrons. The maximum atomic E-state index is 12.6. The number of benzene rings is 2. The van der Waals surface area contributed by atoms with Gasteiger partial charge in [0.1, 0.15) is 11.5 Å². The van der Waals surface area contributed by atoms with E-state index in [9.17, 15) is 9.59 Å². The fraction of sp³-hybridized carbons (Fsp3) is 0.542. The predicted molar refractivity (Wildman–Crippen MR) is 226 cm³/mol. The standard InChI is InChI=1S/C48H66N4O4/c1-4-6-8-10-14-18-22-39-34-49-47(50-35-39)41-25-29-43(30-26-41)55-45(53)24-20-16-12-13-17-21-38(3)33-46(54)56-44-31-27-42(28-32-44)48-51-36-40(37-52-48)23-19-15-11-9-7-5-2/h25-32,34-38H,4-24,33H2,1-3H3/t38-/m0/s1. The Balaban J connectivity index is 1.02. The van der Waals surface area contributed by atoms with Crippen molar-refractivity contribution in [2.24, 2.45) is 5.92 Å². The summed E-state index contributed by atoms with van der Waals surface area (Å²) >= 11 is 0. The van der Waals surface area contributed by atoms with Crippen LogP contribution in [0.1, 0.15) is 160 Å². The summed E-state index contributed by atoms with van der Waals surface area (Å²) in [6.45, 7) is 6.58. The van der Waals surface area contributed by atoms with Crippen LogP contribution in [0.2, 0.25) is 0 Å². The summed E-state index contributed by atoms with van der Waals surface area (Å²) in [5, 5.41) is 0. The van der Waals surface area contributed by atoms with Gasteiger partial charge in [-0.25, -0.2) is 19.9 Å². The number of aryl methyl sites for hydroxylation is 2. The van der Waals surface area contributed by atoms with Gasteiger partial charge in [0.2, 0.25) is 0 Å². The minimum Gasteiger partial charge on any atom is -0.427 e. The summed E-state index contributed by atoms with van der Waals surface area (Å²) in [6, 6.07) is 14.8. The van der Waals surface area contributed by atoms with Crippen LogP contribution >= 0.6 is 0 Å². The molecule has 302 valence electrons. The Morgan fingerprint density at radius 1 is 0.500 bits per heavy atom. The summed E-state index contributed by atoms with van der Waals surface area (Å²) in [4.78, 5) is 43.3. The van der Waals surface area contributed by atoms with Crippen molar-refractivity contribution in [1.82, 2.24) is 19.9 Å². The molecule has 0 bridgehead atoms. The van der Waals surface area contributed by atoms with Crippen molar-refractivity contribution in [1.29, 1.82) is 0 Å². The van der Waals surface area contributed by atoms with Crippen LogP contribution in [-0.4, -0.2) is 31.9 Å². The zero-order valence-corrected chi connectivity index (χ0v) is 34.5. The molecule has 0 fully saturated rings. The van der Waals surface area contributed by atoms with Crippen LogP contribution in [0.25, 0.3) is 22.8 Å². The Hall–Kier alpha value is -4.46. The van der Waals surface area contributed by atoms with Crippen molar-refractivity contribution < 1.29 is 19.1 Å². The largest absolute Gasteiger partial charge is 0.427 e. The molecule has 4 aromatic rings. The normalized spacial score (nSPS) is 11.7. The topological polar surface area (TPSA) is 104 Å². The molecular weight excluding hydrogens is 697 g/mol. The van der Waals surface area contributed by atoms with E-state index >= 15 is 0 Å². The van der Waals surface area contributed by atoms with Gasteiger partial charge in [-0.15, -0.1) is 0 Å². The average molecular weight is 763 g/mol. The van der Waals surface area contributed by atoms with E-state index in [-0.39, 0.29) is 17.9 Å². The SMILES string of the molecule is CCCCCCCCc1cnc(-c2ccc(OC(=O)CCCCCCC[C@H](C)CC(=O)Oc3ccc(-c4ncc(CCCCCCCC)cn4)cc3)cc2)nc1. The van der Waals surface area contributed by atoms with Gasteiger partial charge in [0.25, 0.3) is 0 Å². The second-order valence-electron chi connectivity index (χ2n) is 15.5. The zero-order valence-electron chi connectivity index (χ0n) is 34.5. The van der Waals surface area contributed by atoms with Crippen LogP contribution in [0.15, 0.2) is 73.3 Å². The lowest BCUT2D eigenvalue weighted by Gasteiger charge is -2.11. The summed E-state index contributed by atoms with van der Waals surface area (Å²) < 4.78 is 11.2. The van der Waals surface area contributed by atoms with E-state index in [1.165, 1.54) is 88.2 Å². The minimum absolute atomic E-state index is 0.212. The van der Waals surface area contributed by atoms with Crippen molar-refractivity contribution >= 4 is 11.9 Å². The van der Waals surface area contributed by atoms with Gasteiger partial charge >= 0.3 is 11.9 Å². The number of nitrogens with zero attached hydrogens (tertiary/aromatic N) is 4. The van der Waals surface area contributed by atoms with Gasteiger partial charge in [-0.2, -0.15) is 0 Å². The molecule has 0 unspecified atom stereocenters. The number of hydrogen-bond donors (Lipinski definition) is 0. The molecule has 0 saturated carbocycles.